The van der Waals surface area contributed by atoms with Crippen molar-refractivity contribution in [1.82, 2.24) is 20.4 Å². The van der Waals surface area contributed by atoms with Crippen molar-refractivity contribution in [2.75, 3.05) is 12.4 Å². The average molecular weight is 329 g/mol. The first-order valence-corrected chi connectivity index (χ1v) is 7.94. The van der Waals surface area contributed by atoms with Gasteiger partial charge in [0.15, 0.2) is 0 Å². The van der Waals surface area contributed by atoms with Gasteiger partial charge in [-0.1, -0.05) is 19.1 Å². The van der Waals surface area contributed by atoms with Crippen LogP contribution in [0, 0.1) is 0 Å². The average Bonchev–Trinajstić information content (AvgIpc) is 3.06. The molecule has 3 amide bonds. The fourth-order valence-corrected chi connectivity index (χ4v) is 2.25. The zero-order valence-electron chi connectivity index (χ0n) is 14.2. The van der Waals surface area contributed by atoms with Gasteiger partial charge >= 0.3 is 6.03 Å². The van der Waals surface area contributed by atoms with E-state index in [4.69, 9.17) is 0 Å². The van der Waals surface area contributed by atoms with E-state index in [2.05, 4.69) is 28.0 Å². The minimum atomic E-state index is -0.314. The summed E-state index contributed by atoms with van der Waals surface area (Å²) >= 11 is 0. The van der Waals surface area contributed by atoms with Crippen LogP contribution in [0.1, 0.15) is 42.2 Å². The Balaban J connectivity index is 1.94. The number of rotatable bonds is 6. The third kappa shape index (κ3) is 4.34. The summed E-state index contributed by atoms with van der Waals surface area (Å²) < 4.78 is 1.78. The highest BCUT2D eigenvalue weighted by Gasteiger charge is 2.11. The summed E-state index contributed by atoms with van der Waals surface area (Å²) in [5, 5.41) is 12.4. The predicted molar refractivity (Wildman–Crippen MR) is 92.9 cm³/mol. The fourth-order valence-electron chi connectivity index (χ4n) is 2.25. The number of nitrogens with one attached hydrogen (secondary N) is 3. The molecule has 7 heteroatoms. The van der Waals surface area contributed by atoms with Gasteiger partial charge < -0.3 is 10.6 Å². The van der Waals surface area contributed by atoms with Crippen LogP contribution in [0.15, 0.2) is 36.5 Å². The van der Waals surface area contributed by atoms with E-state index < -0.39 is 0 Å². The summed E-state index contributed by atoms with van der Waals surface area (Å²) in [6, 6.07) is 8.78. The maximum atomic E-state index is 12.1. The summed E-state index contributed by atoms with van der Waals surface area (Å²) in [5.41, 5.74) is 1.41. The lowest BCUT2D eigenvalue weighted by molar-refractivity contribution is 0.0963. The van der Waals surface area contributed by atoms with E-state index in [-0.39, 0.29) is 18.0 Å². The van der Waals surface area contributed by atoms with Gasteiger partial charge in [-0.2, -0.15) is 5.10 Å². The van der Waals surface area contributed by atoms with Gasteiger partial charge in [0.25, 0.3) is 5.91 Å². The monoisotopic (exact) mass is 329 g/mol. The lowest BCUT2D eigenvalue weighted by Crippen LogP contribution is -2.29. The number of nitrogens with zero attached hydrogens (tertiary/aromatic N) is 2. The van der Waals surface area contributed by atoms with E-state index in [9.17, 15) is 9.59 Å². The van der Waals surface area contributed by atoms with Crippen molar-refractivity contribution in [2.24, 2.45) is 0 Å². The van der Waals surface area contributed by atoms with Gasteiger partial charge in [0.2, 0.25) is 0 Å². The second-order valence-corrected chi connectivity index (χ2v) is 5.51. The molecule has 0 saturated carbocycles. The van der Waals surface area contributed by atoms with Crippen LogP contribution >= 0.6 is 0 Å². The minimum Gasteiger partial charge on any atom is -0.355 e. The van der Waals surface area contributed by atoms with Crippen LogP contribution in [0.4, 0.5) is 10.6 Å². The van der Waals surface area contributed by atoms with Gasteiger partial charge in [0.1, 0.15) is 5.82 Å². The Hall–Kier alpha value is -2.83. The van der Waals surface area contributed by atoms with Gasteiger partial charge in [-0.05, 0) is 31.0 Å². The van der Waals surface area contributed by atoms with E-state index in [1.165, 1.54) is 0 Å². The van der Waals surface area contributed by atoms with Crippen LogP contribution in [0.2, 0.25) is 0 Å². The second kappa shape index (κ2) is 8.14. The molecule has 0 radical (unpaired) electrons. The molecule has 7 nitrogen and oxygen atoms in total. The SMILES string of the molecule is CC[C@@H](C)n1nccc1NC(=O)NCc1cccc(C(=O)NC)c1. The van der Waals surface area contributed by atoms with Crippen molar-refractivity contribution >= 4 is 17.8 Å². The van der Waals surface area contributed by atoms with E-state index in [0.717, 1.165) is 12.0 Å². The van der Waals surface area contributed by atoms with Crippen LogP contribution in [-0.2, 0) is 6.54 Å². The van der Waals surface area contributed by atoms with Crippen LogP contribution in [-0.4, -0.2) is 28.8 Å². The maximum Gasteiger partial charge on any atom is 0.320 e. The van der Waals surface area contributed by atoms with Crippen LogP contribution in [0.5, 0.6) is 0 Å². The highest BCUT2D eigenvalue weighted by Crippen LogP contribution is 2.16. The standard InChI is InChI=1S/C17H23N5O2/c1-4-12(2)22-15(8-9-20-22)21-17(24)19-11-13-6-5-7-14(10-13)16(23)18-3/h5-10,12H,4,11H2,1-3H3,(H,18,23)(H2,19,21,24)/t12-/m1/s1. The number of amides is 3. The molecule has 0 fully saturated rings. The zero-order chi connectivity index (χ0) is 17.5. The first-order chi connectivity index (χ1) is 11.5. The quantitative estimate of drug-likeness (QED) is 0.761. The Morgan fingerprint density at radius 2 is 2.08 bits per heavy atom. The molecule has 3 N–H and O–H groups in total. The van der Waals surface area contributed by atoms with Crippen molar-refractivity contribution in [1.29, 1.82) is 0 Å². The molecule has 0 bridgehead atoms. The molecular formula is C17H23N5O2. The van der Waals surface area contributed by atoms with Crippen LogP contribution < -0.4 is 16.0 Å². The molecule has 0 saturated heterocycles. The number of carbonyl (C=O) groups is 2. The summed E-state index contributed by atoms with van der Waals surface area (Å²) in [6.07, 6.45) is 2.58. The molecule has 2 aromatic rings. The molecule has 128 valence electrons. The van der Waals surface area contributed by atoms with Gasteiger partial charge in [-0.15, -0.1) is 0 Å². The Labute approximate surface area is 141 Å². The molecule has 0 aliphatic heterocycles. The molecule has 2 rings (SSSR count). The van der Waals surface area contributed by atoms with Crippen molar-refractivity contribution in [3.8, 4) is 0 Å². The lowest BCUT2D eigenvalue weighted by Gasteiger charge is -2.14. The molecular weight excluding hydrogens is 306 g/mol. The van der Waals surface area contributed by atoms with Crippen molar-refractivity contribution in [3.63, 3.8) is 0 Å². The topological polar surface area (TPSA) is 88.1 Å². The maximum absolute atomic E-state index is 12.1. The number of hydrogen-bond donors (Lipinski definition) is 3. The third-order valence-electron chi connectivity index (χ3n) is 3.79. The molecule has 0 unspecified atom stereocenters. The van der Waals surface area contributed by atoms with Crippen LogP contribution in [0.25, 0.3) is 0 Å². The van der Waals surface area contributed by atoms with Gasteiger partial charge in [0, 0.05) is 25.2 Å². The molecule has 1 aromatic heterocycles. The fraction of sp³-hybridized carbons (Fsp3) is 0.353. The summed E-state index contributed by atoms with van der Waals surface area (Å²) in [7, 11) is 1.58. The molecule has 1 aromatic carbocycles. The highest BCUT2D eigenvalue weighted by atomic mass is 16.2. The largest absolute Gasteiger partial charge is 0.355 e. The molecule has 1 atom stereocenters. The summed E-state index contributed by atoms with van der Waals surface area (Å²) in [5.74, 6) is 0.500. The van der Waals surface area contributed by atoms with E-state index in [0.29, 0.717) is 17.9 Å². The molecule has 0 aliphatic rings. The van der Waals surface area contributed by atoms with Crippen LogP contribution in [0.3, 0.4) is 0 Å². The molecule has 0 aliphatic carbocycles. The lowest BCUT2D eigenvalue weighted by atomic mass is 10.1. The normalized spacial score (nSPS) is 11.6. The Morgan fingerprint density at radius 3 is 2.79 bits per heavy atom. The van der Waals surface area contributed by atoms with E-state index >= 15 is 0 Å². The first kappa shape index (κ1) is 17.5. The smallest absolute Gasteiger partial charge is 0.320 e. The molecule has 0 spiro atoms. The Kier molecular flexibility index (Phi) is 5.95. The molecule has 1 heterocycles. The van der Waals surface area contributed by atoms with Crippen molar-refractivity contribution in [2.45, 2.75) is 32.9 Å². The van der Waals surface area contributed by atoms with E-state index in [1.807, 2.05) is 13.0 Å². The van der Waals surface area contributed by atoms with Gasteiger partial charge in [-0.25, -0.2) is 9.48 Å². The number of carbonyl (C=O) groups excluding carboxylic acids is 2. The minimum absolute atomic E-state index is 0.154. The Bertz CT molecular complexity index is 711. The predicted octanol–water partition coefficient (Wildman–Crippen LogP) is 2.54. The number of benzene rings is 1. The highest BCUT2D eigenvalue weighted by molar-refractivity contribution is 5.94. The Morgan fingerprint density at radius 1 is 1.29 bits per heavy atom. The number of aromatic nitrogens is 2. The zero-order valence-corrected chi connectivity index (χ0v) is 14.2. The summed E-state index contributed by atoms with van der Waals surface area (Å²) in [4.78, 5) is 23.7. The number of urea groups is 1. The second-order valence-electron chi connectivity index (χ2n) is 5.51. The van der Waals surface area contributed by atoms with Gasteiger partial charge in [0.05, 0.1) is 12.2 Å². The summed E-state index contributed by atoms with van der Waals surface area (Å²) in [6.45, 7) is 4.43. The number of anilines is 1. The third-order valence-corrected chi connectivity index (χ3v) is 3.79. The van der Waals surface area contributed by atoms with E-state index in [1.54, 1.807) is 42.2 Å². The van der Waals surface area contributed by atoms with Crippen molar-refractivity contribution in [3.05, 3.63) is 47.7 Å². The molecule has 24 heavy (non-hydrogen) atoms. The van der Waals surface area contributed by atoms with Gasteiger partial charge in [-0.3, -0.25) is 10.1 Å². The van der Waals surface area contributed by atoms with Crippen molar-refractivity contribution < 1.29 is 9.59 Å². The first-order valence-electron chi connectivity index (χ1n) is 7.94. The number of hydrogen-bond acceptors (Lipinski definition) is 3.